The molecule has 0 aromatic heterocycles. The molecular weight excluding hydrogens is 216 g/mol. The Morgan fingerprint density at radius 2 is 2.00 bits per heavy atom. The Bertz CT molecular complexity index is 240. The third kappa shape index (κ3) is 5.50. The van der Waals surface area contributed by atoms with Crippen LogP contribution in [0, 0.1) is 5.92 Å². The molecule has 0 aromatic rings. The predicted octanol–water partition coefficient (Wildman–Crippen LogP) is 1.30. The van der Waals surface area contributed by atoms with E-state index >= 15 is 0 Å². The Labute approximate surface area is 104 Å². The fourth-order valence-corrected chi connectivity index (χ4v) is 1.63. The van der Waals surface area contributed by atoms with Crippen LogP contribution in [0.4, 0.5) is 0 Å². The highest BCUT2D eigenvalue weighted by Gasteiger charge is 2.27. The van der Waals surface area contributed by atoms with E-state index in [-0.39, 0.29) is 18.0 Å². The second-order valence-corrected chi connectivity index (χ2v) is 5.18. The molecule has 1 saturated carbocycles. The summed E-state index contributed by atoms with van der Waals surface area (Å²) in [7, 11) is 0. The van der Waals surface area contributed by atoms with Gasteiger partial charge in [-0.3, -0.25) is 4.79 Å². The molecule has 2 unspecified atom stereocenters. The van der Waals surface area contributed by atoms with Crippen LogP contribution in [0.15, 0.2) is 0 Å². The van der Waals surface area contributed by atoms with Gasteiger partial charge in [-0.1, -0.05) is 13.8 Å². The van der Waals surface area contributed by atoms with E-state index in [0.717, 1.165) is 12.8 Å². The van der Waals surface area contributed by atoms with Crippen LogP contribution in [0.25, 0.3) is 0 Å². The van der Waals surface area contributed by atoms with Crippen LogP contribution in [0.2, 0.25) is 0 Å². The number of nitrogens with one attached hydrogen (secondary N) is 2. The second kappa shape index (κ2) is 6.97. The minimum atomic E-state index is -0.150. The summed E-state index contributed by atoms with van der Waals surface area (Å²) in [6.45, 7) is 9.56. The van der Waals surface area contributed by atoms with Crippen LogP contribution in [-0.2, 0) is 9.53 Å². The number of hydrogen-bond donors (Lipinski definition) is 2. The van der Waals surface area contributed by atoms with E-state index in [1.807, 2.05) is 13.8 Å². The van der Waals surface area contributed by atoms with Crippen molar-refractivity contribution in [3.8, 4) is 0 Å². The van der Waals surface area contributed by atoms with E-state index in [2.05, 4.69) is 24.5 Å². The molecule has 2 N–H and O–H groups in total. The van der Waals surface area contributed by atoms with E-state index in [1.165, 1.54) is 0 Å². The maximum atomic E-state index is 11.8. The van der Waals surface area contributed by atoms with Crippen LogP contribution in [-0.4, -0.2) is 37.2 Å². The van der Waals surface area contributed by atoms with E-state index in [0.29, 0.717) is 25.2 Å². The minimum Gasteiger partial charge on any atom is -0.380 e. The lowest BCUT2D eigenvalue weighted by atomic mass is 10.0. The lowest BCUT2D eigenvalue weighted by Gasteiger charge is -2.25. The average molecular weight is 242 g/mol. The Morgan fingerprint density at radius 3 is 2.47 bits per heavy atom. The zero-order chi connectivity index (χ0) is 12.8. The van der Waals surface area contributed by atoms with E-state index in [4.69, 9.17) is 4.74 Å². The van der Waals surface area contributed by atoms with Gasteiger partial charge in [0.1, 0.15) is 0 Å². The molecule has 0 aromatic carbocycles. The molecular formula is C13H26N2O2. The van der Waals surface area contributed by atoms with E-state index in [1.54, 1.807) is 0 Å². The Kier molecular flexibility index (Phi) is 5.92. The van der Waals surface area contributed by atoms with Crippen LogP contribution in [0.3, 0.4) is 0 Å². The Balaban J connectivity index is 2.32. The third-order valence-electron chi connectivity index (χ3n) is 3.09. The molecule has 1 aliphatic rings. The van der Waals surface area contributed by atoms with Gasteiger partial charge in [-0.15, -0.1) is 0 Å². The highest BCUT2D eigenvalue weighted by molar-refractivity contribution is 5.81. The van der Waals surface area contributed by atoms with Gasteiger partial charge in [0, 0.05) is 18.7 Å². The lowest BCUT2D eigenvalue weighted by Crippen LogP contribution is -2.50. The summed E-state index contributed by atoms with van der Waals surface area (Å²) in [5.41, 5.74) is 0. The maximum absolute atomic E-state index is 11.8. The number of amides is 1. The van der Waals surface area contributed by atoms with Crippen molar-refractivity contribution >= 4 is 5.91 Å². The first-order valence-electron chi connectivity index (χ1n) is 6.68. The van der Waals surface area contributed by atoms with E-state index < -0.39 is 0 Å². The minimum absolute atomic E-state index is 0.106. The van der Waals surface area contributed by atoms with E-state index in [9.17, 15) is 4.79 Å². The quantitative estimate of drug-likeness (QED) is 0.674. The highest BCUT2D eigenvalue weighted by atomic mass is 16.5. The summed E-state index contributed by atoms with van der Waals surface area (Å²) in [6, 6.07) is 0.509. The first-order chi connectivity index (χ1) is 8.04. The van der Waals surface area contributed by atoms with Crippen molar-refractivity contribution in [2.45, 2.75) is 58.7 Å². The molecule has 1 fully saturated rings. The molecule has 17 heavy (non-hydrogen) atoms. The van der Waals surface area contributed by atoms with Gasteiger partial charge in [-0.05, 0) is 32.6 Å². The zero-order valence-corrected chi connectivity index (χ0v) is 11.5. The fraction of sp³-hybridized carbons (Fsp3) is 0.923. The largest absolute Gasteiger partial charge is 0.380 e. The molecule has 1 rings (SSSR count). The van der Waals surface area contributed by atoms with Crippen molar-refractivity contribution < 1.29 is 9.53 Å². The normalized spacial score (nSPS) is 19.1. The molecule has 0 spiro atoms. The van der Waals surface area contributed by atoms with Crippen molar-refractivity contribution in [2.75, 3.05) is 13.2 Å². The van der Waals surface area contributed by atoms with Crippen molar-refractivity contribution in [3.63, 3.8) is 0 Å². The number of ether oxygens (including phenoxy) is 1. The topological polar surface area (TPSA) is 50.4 Å². The zero-order valence-electron chi connectivity index (χ0n) is 11.5. The van der Waals surface area contributed by atoms with Crippen molar-refractivity contribution in [1.82, 2.24) is 10.6 Å². The summed E-state index contributed by atoms with van der Waals surface area (Å²) in [5, 5.41) is 6.36. The van der Waals surface area contributed by atoms with Gasteiger partial charge < -0.3 is 15.4 Å². The molecule has 1 amide bonds. The molecule has 0 heterocycles. The van der Waals surface area contributed by atoms with Gasteiger partial charge in [0.25, 0.3) is 0 Å². The maximum Gasteiger partial charge on any atom is 0.237 e. The predicted molar refractivity (Wildman–Crippen MR) is 68.9 cm³/mol. The smallest absolute Gasteiger partial charge is 0.237 e. The van der Waals surface area contributed by atoms with Gasteiger partial charge in [0.15, 0.2) is 0 Å². The lowest BCUT2D eigenvalue weighted by molar-refractivity contribution is -0.123. The average Bonchev–Trinajstić information content (AvgIpc) is 3.07. The van der Waals surface area contributed by atoms with Crippen LogP contribution in [0.1, 0.15) is 40.5 Å². The first kappa shape index (κ1) is 14.5. The van der Waals surface area contributed by atoms with Gasteiger partial charge >= 0.3 is 0 Å². The Hall–Kier alpha value is -0.610. The number of hydrogen-bond acceptors (Lipinski definition) is 3. The molecule has 100 valence electrons. The molecule has 4 heteroatoms. The molecule has 0 bridgehead atoms. The fourth-order valence-electron chi connectivity index (χ4n) is 1.63. The highest BCUT2D eigenvalue weighted by Crippen LogP contribution is 2.18. The molecule has 0 saturated heterocycles. The molecule has 2 atom stereocenters. The molecule has 0 radical (unpaired) electrons. The van der Waals surface area contributed by atoms with Crippen molar-refractivity contribution in [3.05, 3.63) is 0 Å². The first-order valence-corrected chi connectivity index (χ1v) is 6.68. The standard InChI is InChI=1S/C13H26N2O2/c1-5-17-8-12(9(2)3)14-10(4)13(16)15-11-6-7-11/h9-12,14H,5-8H2,1-4H3,(H,15,16). The van der Waals surface area contributed by atoms with Gasteiger partial charge in [-0.2, -0.15) is 0 Å². The Morgan fingerprint density at radius 1 is 1.35 bits per heavy atom. The summed E-state index contributed by atoms with van der Waals surface area (Å²) in [4.78, 5) is 11.8. The monoisotopic (exact) mass is 242 g/mol. The van der Waals surface area contributed by atoms with Crippen molar-refractivity contribution in [2.24, 2.45) is 5.92 Å². The molecule has 0 aliphatic heterocycles. The summed E-state index contributed by atoms with van der Waals surface area (Å²) in [5.74, 6) is 0.562. The number of rotatable bonds is 8. The number of carbonyl (C=O) groups is 1. The SMILES string of the molecule is CCOCC(NC(C)C(=O)NC1CC1)C(C)C. The van der Waals surface area contributed by atoms with Crippen LogP contribution < -0.4 is 10.6 Å². The molecule has 1 aliphatic carbocycles. The van der Waals surface area contributed by atoms with Crippen molar-refractivity contribution in [1.29, 1.82) is 0 Å². The van der Waals surface area contributed by atoms with Gasteiger partial charge in [-0.25, -0.2) is 0 Å². The molecule has 4 nitrogen and oxygen atoms in total. The third-order valence-corrected chi connectivity index (χ3v) is 3.09. The van der Waals surface area contributed by atoms with Crippen LogP contribution in [0.5, 0.6) is 0 Å². The van der Waals surface area contributed by atoms with Gasteiger partial charge in [0.2, 0.25) is 5.91 Å². The summed E-state index contributed by atoms with van der Waals surface area (Å²) >= 11 is 0. The summed E-state index contributed by atoms with van der Waals surface area (Å²) < 4.78 is 5.44. The van der Waals surface area contributed by atoms with Gasteiger partial charge in [0.05, 0.1) is 12.6 Å². The van der Waals surface area contributed by atoms with Crippen LogP contribution >= 0.6 is 0 Å². The summed E-state index contributed by atoms with van der Waals surface area (Å²) in [6.07, 6.45) is 2.26. The second-order valence-electron chi connectivity index (χ2n) is 5.18. The number of carbonyl (C=O) groups excluding carboxylic acids is 1.